The summed E-state index contributed by atoms with van der Waals surface area (Å²) in [5, 5.41) is 0. The number of hydrogen-bond acceptors (Lipinski definition) is 1. The van der Waals surface area contributed by atoms with E-state index in [9.17, 15) is 4.79 Å². The highest BCUT2D eigenvalue weighted by Crippen LogP contribution is 2.47. The maximum Gasteiger partial charge on any atom is 0.120 e. The monoisotopic (exact) mass is 178 g/mol. The second kappa shape index (κ2) is 4.40. The van der Waals surface area contributed by atoms with E-state index >= 15 is 0 Å². The average molecular weight is 178 g/mol. The number of rotatable bonds is 5. The quantitative estimate of drug-likeness (QED) is 0.466. The highest BCUT2D eigenvalue weighted by Gasteiger charge is 2.35. The Labute approximate surface area is 80.5 Å². The van der Waals surface area contributed by atoms with Crippen molar-refractivity contribution in [3.05, 3.63) is 24.8 Å². The van der Waals surface area contributed by atoms with Gasteiger partial charge in [-0.3, -0.25) is 0 Å². The van der Waals surface area contributed by atoms with Crippen LogP contribution in [0.25, 0.3) is 0 Å². The van der Waals surface area contributed by atoms with E-state index in [1.165, 1.54) is 12.0 Å². The molecule has 0 aromatic carbocycles. The van der Waals surface area contributed by atoms with Gasteiger partial charge in [-0.25, -0.2) is 0 Å². The lowest BCUT2D eigenvalue weighted by Gasteiger charge is -2.27. The van der Waals surface area contributed by atoms with E-state index in [-0.39, 0.29) is 5.41 Å². The molecule has 0 spiro atoms. The molecule has 1 fully saturated rings. The van der Waals surface area contributed by atoms with Crippen molar-refractivity contribution in [2.24, 2.45) is 5.41 Å². The number of carbonyl (C=O) groups excluding carboxylic acids is 1. The normalized spacial score (nSPS) is 27.5. The van der Waals surface area contributed by atoms with E-state index in [2.05, 4.69) is 13.2 Å². The van der Waals surface area contributed by atoms with E-state index in [0.717, 1.165) is 32.0 Å². The first-order valence-electron chi connectivity index (χ1n) is 4.98. The molecule has 0 heterocycles. The van der Waals surface area contributed by atoms with Crippen LogP contribution in [0.5, 0.6) is 0 Å². The molecule has 0 saturated heterocycles. The fourth-order valence-electron chi connectivity index (χ4n) is 2.27. The van der Waals surface area contributed by atoms with Crippen molar-refractivity contribution in [1.29, 1.82) is 0 Å². The molecule has 0 N–H and O–H groups in total. The molecular formula is C12H18O. The molecule has 1 heteroatoms. The van der Waals surface area contributed by atoms with E-state index < -0.39 is 0 Å². The Hall–Kier alpha value is -0.850. The van der Waals surface area contributed by atoms with Crippen molar-refractivity contribution < 1.29 is 4.79 Å². The number of allylic oxidation sites excluding steroid dienone is 2. The molecular weight excluding hydrogens is 160 g/mol. The predicted molar refractivity (Wildman–Crippen MR) is 55.5 cm³/mol. The zero-order valence-corrected chi connectivity index (χ0v) is 8.22. The van der Waals surface area contributed by atoms with Gasteiger partial charge in [-0.05, 0) is 37.5 Å². The van der Waals surface area contributed by atoms with Gasteiger partial charge < -0.3 is 4.79 Å². The third-order valence-electron chi connectivity index (χ3n) is 3.18. The van der Waals surface area contributed by atoms with Crippen LogP contribution in [0.4, 0.5) is 0 Å². The zero-order valence-electron chi connectivity index (χ0n) is 8.22. The Balaban J connectivity index is 2.67. The fraction of sp³-hybridized carbons (Fsp3) is 0.583. The van der Waals surface area contributed by atoms with Crippen molar-refractivity contribution in [3.8, 4) is 0 Å². The maximum atomic E-state index is 10.6. The number of aldehydes is 1. The van der Waals surface area contributed by atoms with Gasteiger partial charge in [0, 0.05) is 6.42 Å². The van der Waals surface area contributed by atoms with Crippen LogP contribution >= 0.6 is 0 Å². The van der Waals surface area contributed by atoms with E-state index in [4.69, 9.17) is 0 Å². The molecule has 1 nitrogen and oxygen atoms in total. The zero-order chi connectivity index (χ0) is 9.73. The Morgan fingerprint density at radius 1 is 1.54 bits per heavy atom. The summed E-state index contributed by atoms with van der Waals surface area (Å²) in [6.45, 7) is 7.81. The lowest BCUT2D eigenvalue weighted by molar-refractivity contribution is -0.109. The molecule has 1 rings (SSSR count). The predicted octanol–water partition coefficient (Wildman–Crippen LogP) is 3.27. The van der Waals surface area contributed by atoms with Gasteiger partial charge >= 0.3 is 0 Å². The van der Waals surface area contributed by atoms with Crippen molar-refractivity contribution in [2.75, 3.05) is 0 Å². The van der Waals surface area contributed by atoms with Crippen molar-refractivity contribution in [2.45, 2.75) is 38.5 Å². The fourth-order valence-corrected chi connectivity index (χ4v) is 2.27. The molecule has 0 aromatic heterocycles. The highest BCUT2D eigenvalue weighted by molar-refractivity contribution is 5.52. The summed E-state index contributed by atoms with van der Waals surface area (Å²) < 4.78 is 0. The van der Waals surface area contributed by atoms with Gasteiger partial charge in [-0.15, -0.1) is 6.58 Å². The van der Waals surface area contributed by atoms with Gasteiger partial charge in [0.1, 0.15) is 6.29 Å². The second-order valence-electron chi connectivity index (χ2n) is 3.94. The molecule has 72 valence electrons. The first-order chi connectivity index (χ1) is 6.25. The first kappa shape index (κ1) is 10.2. The summed E-state index contributed by atoms with van der Waals surface area (Å²) in [5.41, 5.74) is 1.40. The molecule has 1 atom stereocenters. The third kappa shape index (κ3) is 2.09. The van der Waals surface area contributed by atoms with Gasteiger partial charge in [0.05, 0.1) is 0 Å². The minimum atomic E-state index is 0.121. The number of carbonyl (C=O) groups is 1. The molecule has 1 aliphatic carbocycles. The Bertz CT molecular complexity index is 217. The topological polar surface area (TPSA) is 17.1 Å². The first-order valence-corrected chi connectivity index (χ1v) is 4.98. The van der Waals surface area contributed by atoms with Crippen molar-refractivity contribution in [3.63, 3.8) is 0 Å². The molecule has 0 amide bonds. The second-order valence-corrected chi connectivity index (χ2v) is 3.94. The van der Waals surface area contributed by atoms with Gasteiger partial charge in [-0.1, -0.05) is 18.2 Å². The maximum absolute atomic E-state index is 10.6. The molecule has 1 aliphatic rings. The van der Waals surface area contributed by atoms with E-state index in [0.29, 0.717) is 6.42 Å². The van der Waals surface area contributed by atoms with Crippen molar-refractivity contribution >= 4 is 6.29 Å². The number of hydrogen-bond donors (Lipinski definition) is 0. The third-order valence-corrected chi connectivity index (χ3v) is 3.18. The molecule has 0 aromatic rings. The van der Waals surface area contributed by atoms with Gasteiger partial charge in [0.2, 0.25) is 0 Å². The summed E-state index contributed by atoms with van der Waals surface area (Å²) in [6.07, 6.45) is 9.10. The lowest BCUT2D eigenvalue weighted by Crippen LogP contribution is -2.18. The summed E-state index contributed by atoms with van der Waals surface area (Å²) in [7, 11) is 0. The van der Waals surface area contributed by atoms with Crippen LogP contribution in [-0.4, -0.2) is 6.29 Å². The Morgan fingerprint density at radius 2 is 2.31 bits per heavy atom. The van der Waals surface area contributed by atoms with Gasteiger partial charge in [-0.2, -0.15) is 0 Å². The van der Waals surface area contributed by atoms with Gasteiger partial charge in [0.25, 0.3) is 0 Å². The van der Waals surface area contributed by atoms with Crippen molar-refractivity contribution in [1.82, 2.24) is 0 Å². The minimum Gasteiger partial charge on any atom is -0.303 e. The van der Waals surface area contributed by atoms with Crippen LogP contribution in [0.2, 0.25) is 0 Å². The smallest absolute Gasteiger partial charge is 0.120 e. The minimum absolute atomic E-state index is 0.121. The van der Waals surface area contributed by atoms with E-state index in [1.54, 1.807) is 0 Å². The summed E-state index contributed by atoms with van der Waals surface area (Å²) in [5.74, 6) is 0. The van der Waals surface area contributed by atoms with Crippen LogP contribution in [0.15, 0.2) is 24.8 Å². The van der Waals surface area contributed by atoms with Gasteiger partial charge in [0.15, 0.2) is 0 Å². The van der Waals surface area contributed by atoms with Crippen LogP contribution in [0.3, 0.4) is 0 Å². The molecule has 0 radical (unpaired) electrons. The molecule has 1 unspecified atom stereocenters. The largest absolute Gasteiger partial charge is 0.303 e. The Morgan fingerprint density at radius 3 is 2.77 bits per heavy atom. The highest BCUT2D eigenvalue weighted by atomic mass is 16.1. The van der Waals surface area contributed by atoms with Crippen LogP contribution in [0, 0.1) is 5.41 Å². The van der Waals surface area contributed by atoms with Crippen LogP contribution in [-0.2, 0) is 4.79 Å². The molecule has 13 heavy (non-hydrogen) atoms. The van der Waals surface area contributed by atoms with E-state index in [1.807, 2.05) is 6.08 Å². The van der Waals surface area contributed by atoms with Crippen LogP contribution < -0.4 is 0 Å². The van der Waals surface area contributed by atoms with Crippen LogP contribution in [0.1, 0.15) is 38.5 Å². The SMILES string of the molecule is C=CCCC1(CC=O)CCCC1=C. The Kier molecular flexibility index (Phi) is 3.47. The lowest BCUT2D eigenvalue weighted by atomic mass is 9.76. The average Bonchev–Trinajstić information content (AvgIpc) is 2.46. The molecule has 0 bridgehead atoms. The summed E-state index contributed by atoms with van der Waals surface area (Å²) in [4.78, 5) is 10.6. The standard InChI is InChI=1S/C12H18O/c1-3-4-7-12(9-10-13)8-5-6-11(12)2/h3,10H,1-2,4-9H2. The molecule has 0 aliphatic heterocycles. The summed E-state index contributed by atoms with van der Waals surface area (Å²) in [6, 6.07) is 0. The molecule has 1 saturated carbocycles. The summed E-state index contributed by atoms with van der Waals surface area (Å²) >= 11 is 0.